The normalized spacial score (nSPS) is 20.7. The molecule has 1 aliphatic rings. The lowest BCUT2D eigenvalue weighted by Gasteiger charge is -2.15. The predicted molar refractivity (Wildman–Crippen MR) is 54.5 cm³/mol. The number of carbonyl (C=O) groups is 2. The SMILES string of the molecule is O=C(O)[C@H]1CC(=O)N(c2ccccc2)C1. The monoisotopic (exact) mass is 205 g/mol. The summed E-state index contributed by atoms with van der Waals surface area (Å²) in [4.78, 5) is 23.8. The van der Waals surface area contributed by atoms with E-state index in [1.54, 1.807) is 0 Å². The molecular formula is C11H11NO3. The molecule has 1 heterocycles. The number of para-hydroxylation sites is 1. The lowest BCUT2D eigenvalue weighted by Crippen LogP contribution is -2.25. The third-order valence-electron chi connectivity index (χ3n) is 2.54. The van der Waals surface area contributed by atoms with E-state index in [1.807, 2.05) is 30.3 Å². The molecule has 1 aromatic rings. The first kappa shape index (κ1) is 9.71. The van der Waals surface area contributed by atoms with Crippen LogP contribution in [0, 0.1) is 5.92 Å². The van der Waals surface area contributed by atoms with Crippen molar-refractivity contribution in [3.63, 3.8) is 0 Å². The van der Waals surface area contributed by atoms with Crippen LogP contribution in [0.5, 0.6) is 0 Å². The van der Waals surface area contributed by atoms with E-state index in [0.29, 0.717) is 0 Å². The highest BCUT2D eigenvalue weighted by molar-refractivity contribution is 5.99. The summed E-state index contributed by atoms with van der Waals surface area (Å²) in [7, 11) is 0. The molecule has 4 nitrogen and oxygen atoms in total. The minimum absolute atomic E-state index is 0.101. The maximum atomic E-state index is 11.6. The molecule has 4 heteroatoms. The van der Waals surface area contributed by atoms with Gasteiger partial charge < -0.3 is 10.0 Å². The van der Waals surface area contributed by atoms with Crippen molar-refractivity contribution in [3.8, 4) is 0 Å². The molecule has 0 aromatic heterocycles. The van der Waals surface area contributed by atoms with Crippen molar-refractivity contribution in [2.24, 2.45) is 5.92 Å². The van der Waals surface area contributed by atoms with Crippen LogP contribution in [0.1, 0.15) is 6.42 Å². The summed E-state index contributed by atoms with van der Waals surface area (Å²) in [5, 5.41) is 8.82. The van der Waals surface area contributed by atoms with E-state index in [4.69, 9.17) is 5.11 Å². The molecule has 0 unspecified atom stereocenters. The average molecular weight is 205 g/mol. The van der Waals surface area contributed by atoms with Gasteiger partial charge in [-0.3, -0.25) is 9.59 Å². The third kappa shape index (κ3) is 1.83. The highest BCUT2D eigenvalue weighted by Gasteiger charge is 2.34. The molecule has 1 atom stereocenters. The van der Waals surface area contributed by atoms with Crippen LogP contribution >= 0.6 is 0 Å². The Hall–Kier alpha value is -1.84. The van der Waals surface area contributed by atoms with Crippen LogP contribution in [0.3, 0.4) is 0 Å². The lowest BCUT2D eigenvalue weighted by atomic mass is 10.1. The first-order valence-electron chi connectivity index (χ1n) is 4.76. The maximum Gasteiger partial charge on any atom is 0.308 e. The molecule has 1 amide bonds. The van der Waals surface area contributed by atoms with E-state index in [-0.39, 0.29) is 18.9 Å². The summed E-state index contributed by atoms with van der Waals surface area (Å²) in [6.45, 7) is 0.276. The Bertz CT molecular complexity index is 388. The van der Waals surface area contributed by atoms with Crippen LogP contribution in [0.15, 0.2) is 30.3 Å². The van der Waals surface area contributed by atoms with Crippen LogP contribution in [0.4, 0.5) is 5.69 Å². The Morgan fingerprint density at radius 2 is 2.00 bits per heavy atom. The van der Waals surface area contributed by atoms with Gasteiger partial charge >= 0.3 is 5.97 Å². The summed E-state index contributed by atoms with van der Waals surface area (Å²) < 4.78 is 0. The Balaban J connectivity index is 2.19. The Morgan fingerprint density at radius 3 is 2.53 bits per heavy atom. The van der Waals surface area contributed by atoms with Gasteiger partial charge in [-0.15, -0.1) is 0 Å². The number of carbonyl (C=O) groups excluding carboxylic acids is 1. The van der Waals surface area contributed by atoms with Crippen molar-refractivity contribution in [1.82, 2.24) is 0 Å². The molecule has 1 aromatic carbocycles. The Labute approximate surface area is 87.1 Å². The molecule has 0 radical (unpaired) electrons. The average Bonchev–Trinajstić information content (AvgIpc) is 2.62. The number of hydrogen-bond donors (Lipinski definition) is 1. The first-order valence-corrected chi connectivity index (χ1v) is 4.76. The molecule has 1 aliphatic heterocycles. The summed E-state index contributed by atoms with van der Waals surface area (Å²) in [6, 6.07) is 9.14. The molecule has 0 saturated carbocycles. The number of anilines is 1. The van der Waals surface area contributed by atoms with Gasteiger partial charge in [0.1, 0.15) is 0 Å². The molecule has 2 rings (SSSR count). The fourth-order valence-electron chi connectivity index (χ4n) is 1.73. The van der Waals surface area contributed by atoms with Crippen molar-refractivity contribution in [2.75, 3.05) is 11.4 Å². The molecule has 0 bridgehead atoms. The van der Waals surface area contributed by atoms with Crippen molar-refractivity contribution in [1.29, 1.82) is 0 Å². The number of rotatable bonds is 2. The summed E-state index contributed by atoms with van der Waals surface area (Å²) in [6.07, 6.45) is 0.101. The number of hydrogen-bond acceptors (Lipinski definition) is 2. The molecule has 78 valence electrons. The predicted octanol–water partition coefficient (Wildman–Crippen LogP) is 1.12. The Kier molecular flexibility index (Phi) is 2.41. The second-order valence-electron chi connectivity index (χ2n) is 3.58. The van der Waals surface area contributed by atoms with Gasteiger partial charge in [-0.25, -0.2) is 0 Å². The Morgan fingerprint density at radius 1 is 1.33 bits per heavy atom. The van der Waals surface area contributed by atoms with Gasteiger partial charge in [0.2, 0.25) is 5.91 Å². The molecule has 0 spiro atoms. The standard InChI is InChI=1S/C11H11NO3/c13-10-6-8(11(14)15)7-12(10)9-4-2-1-3-5-9/h1-5,8H,6-7H2,(H,14,15)/t8-/m0/s1. The van der Waals surface area contributed by atoms with Crippen molar-refractivity contribution in [2.45, 2.75) is 6.42 Å². The highest BCUT2D eigenvalue weighted by atomic mass is 16.4. The summed E-state index contributed by atoms with van der Waals surface area (Å²) in [5.41, 5.74) is 0.770. The molecule has 15 heavy (non-hydrogen) atoms. The highest BCUT2D eigenvalue weighted by Crippen LogP contribution is 2.24. The minimum atomic E-state index is -0.901. The van der Waals surface area contributed by atoms with Gasteiger partial charge in [0.05, 0.1) is 5.92 Å². The number of amides is 1. The largest absolute Gasteiger partial charge is 0.481 e. The maximum absolute atomic E-state index is 11.6. The topological polar surface area (TPSA) is 57.6 Å². The van der Waals surface area contributed by atoms with Crippen molar-refractivity contribution < 1.29 is 14.7 Å². The first-order chi connectivity index (χ1) is 7.18. The van der Waals surface area contributed by atoms with Gasteiger partial charge in [0, 0.05) is 18.7 Å². The number of carboxylic acids is 1. The van der Waals surface area contributed by atoms with Crippen LogP contribution in [-0.4, -0.2) is 23.5 Å². The van der Waals surface area contributed by atoms with Crippen LogP contribution in [0.25, 0.3) is 0 Å². The summed E-state index contributed by atoms with van der Waals surface area (Å²) >= 11 is 0. The van der Waals surface area contributed by atoms with E-state index in [2.05, 4.69) is 0 Å². The van der Waals surface area contributed by atoms with Gasteiger partial charge in [-0.1, -0.05) is 18.2 Å². The van der Waals surface area contributed by atoms with Crippen molar-refractivity contribution >= 4 is 17.6 Å². The van der Waals surface area contributed by atoms with Gasteiger partial charge in [-0.2, -0.15) is 0 Å². The molecular weight excluding hydrogens is 194 g/mol. The summed E-state index contributed by atoms with van der Waals surface area (Å²) in [5.74, 6) is -1.59. The van der Waals surface area contributed by atoms with Gasteiger partial charge in [0.15, 0.2) is 0 Å². The number of carboxylic acid groups (broad SMARTS) is 1. The number of benzene rings is 1. The van der Waals surface area contributed by atoms with E-state index in [0.717, 1.165) is 5.69 Å². The van der Waals surface area contributed by atoms with E-state index >= 15 is 0 Å². The molecule has 1 fully saturated rings. The minimum Gasteiger partial charge on any atom is -0.481 e. The second-order valence-corrected chi connectivity index (χ2v) is 3.58. The molecule has 1 saturated heterocycles. The van der Waals surface area contributed by atoms with E-state index in [1.165, 1.54) is 4.90 Å². The molecule has 0 aliphatic carbocycles. The van der Waals surface area contributed by atoms with Gasteiger partial charge in [-0.05, 0) is 12.1 Å². The van der Waals surface area contributed by atoms with Crippen molar-refractivity contribution in [3.05, 3.63) is 30.3 Å². The quantitative estimate of drug-likeness (QED) is 0.787. The molecule has 1 N–H and O–H groups in total. The zero-order valence-corrected chi connectivity index (χ0v) is 8.09. The number of aliphatic carboxylic acids is 1. The fourth-order valence-corrected chi connectivity index (χ4v) is 1.73. The zero-order chi connectivity index (χ0) is 10.8. The van der Waals surface area contributed by atoms with Gasteiger partial charge in [0.25, 0.3) is 0 Å². The lowest BCUT2D eigenvalue weighted by molar-refractivity contribution is -0.141. The fraction of sp³-hybridized carbons (Fsp3) is 0.273. The second kappa shape index (κ2) is 3.73. The number of nitrogens with zero attached hydrogens (tertiary/aromatic N) is 1. The van der Waals surface area contributed by atoms with E-state index in [9.17, 15) is 9.59 Å². The van der Waals surface area contributed by atoms with Crippen LogP contribution in [-0.2, 0) is 9.59 Å². The third-order valence-corrected chi connectivity index (χ3v) is 2.54. The van der Waals surface area contributed by atoms with Crippen LogP contribution in [0.2, 0.25) is 0 Å². The van der Waals surface area contributed by atoms with E-state index < -0.39 is 11.9 Å². The smallest absolute Gasteiger partial charge is 0.308 e. The van der Waals surface area contributed by atoms with Crippen LogP contribution < -0.4 is 4.90 Å². The zero-order valence-electron chi connectivity index (χ0n) is 8.09.